The average molecular weight is 174 g/mol. The lowest BCUT2D eigenvalue weighted by Gasteiger charge is -2.23. The summed E-state index contributed by atoms with van der Waals surface area (Å²) < 4.78 is 5.26. The molecule has 3 heteroatoms. The number of likely N-dealkylation sites (N-methyl/N-ethyl adjacent to an activating group) is 1. The highest BCUT2D eigenvalue weighted by atomic mass is 16.5. The summed E-state index contributed by atoms with van der Waals surface area (Å²) in [6, 6.07) is 0.565. The van der Waals surface area contributed by atoms with Gasteiger partial charge in [-0.15, -0.1) is 0 Å². The standard InChI is InChI=1S/C9H22N2O/c1-4-12-8-7-11(3)9(2)5-6-10/h9H,4-8,10H2,1-3H3. The quantitative estimate of drug-likeness (QED) is 0.577. The molecule has 12 heavy (non-hydrogen) atoms. The number of ether oxygens (including phenoxy) is 1. The maximum Gasteiger partial charge on any atom is 0.0593 e. The van der Waals surface area contributed by atoms with Gasteiger partial charge in [0.2, 0.25) is 0 Å². The zero-order valence-corrected chi connectivity index (χ0v) is 8.55. The van der Waals surface area contributed by atoms with Gasteiger partial charge in [0.1, 0.15) is 0 Å². The summed E-state index contributed by atoms with van der Waals surface area (Å²) in [4.78, 5) is 2.28. The van der Waals surface area contributed by atoms with Crippen molar-refractivity contribution >= 4 is 0 Å². The van der Waals surface area contributed by atoms with Crippen molar-refractivity contribution in [3.63, 3.8) is 0 Å². The van der Waals surface area contributed by atoms with Crippen LogP contribution in [0.2, 0.25) is 0 Å². The van der Waals surface area contributed by atoms with E-state index in [0.29, 0.717) is 6.04 Å². The van der Waals surface area contributed by atoms with Crippen molar-refractivity contribution in [1.29, 1.82) is 0 Å². The lowest BCUT2D eigenvalue weighted by atomic mass is 10.2. The predicted molar refractivity (Wildman–Crippen MR) is 52.3 cm³/mol. The Balaban J connectivity index is 3.35. The summed E-state index contributed by atoms with van der Waals surface area (Å²) in [6.07, 6.45) is 1.06. The second-order valence-corrected chi connectivity index (χ2v) is 3.10. The lowest BCUT2D eigenvalue weighted by Crippen LogP contribution is -2.33. The molecule has 0 fully saturated rings. The summed E-state index contributed by atoms with van der Waals surface area (Å²) in [5.41, 5.74) is 5.46. The Bertz CT molecular complexity index is 98.5. The molecule has 1 unspecified atom stereocenters. The van der Waals surface area contributed by atoms with Crippen LogP contribution in [-0.2, 0) is 4.74 Å². The molecule has 0 spiro atoms. The van der Waals surface area contributed by atoms with Gasteiger partial charge in [0.25, 0.3) is 0 Å². The summed E-state index contributed by atoms with van der Waals surface area (Å²) >= 11 is 0. The van der Waals surface area contributed by atoms with Crippen LogP contribution in [0.1, 0.15) is 20.3 Å². The van der Waals surface area contributed by atoms with Crippen molar-refractivity contribution < 1.29 is 4.74 Å². The van der Waals surface area contributed by atoms with E-state index in [1.807, 2.05) is 6.92 Å². The molecule has 0 aromatic carbocycles. The molecular weight excluding hydrogens is 152 g/mol. The van der Waals surface area contributed by atoms with Gasteiger partial charge in [-0.25, -0.2) is 0 Å². The normalized spacial score (nSPS) is 13.8. The van der Waals surface area contributed by atoms with Crippen LogP contribution >= 0.6 is 0 Å². The van der Waals surface area contributed by atoms with Gasteiger partial charge in [-0.05, 0) is 33.9 Å². The number of hydrogen-bond acceptors (Lipinski definition) is 3. The molecular formula is C9H22N2O. The largest absolute Gasteiger partial charge is 0.380 e. The van der Waals surface area contributed by atoms with Crippen molar-refractivity contribution in [2.75, 3.05) is 33.4 Å². The second kappa shape index (κ2) is 7.53. The molecule has 0 aliphatic rings. The van der Waals surface area contributed by atoms with E-state index in [0.717, 1.165) is 32.7 Å². The fraction of sp³-hybridized carbons (Fsp3) is 1.00. The summed E-state index contributed by atoms with van der Waals surface area (Å²) in [5.74, 6) is 0. The zero-order valence-electron chi connectivity index (χ0n) is 8.55. The van der Waals surface area contributed by atoms with Crippen molar-refractivity contribution in [2.45, 2.75) is 26.3 Å². The Morgan fingerprint density at radius 3 is 2.67 bits per heavy atom. The van der Waals surface area contributed by atoms with E-state index in [2.05, 4.69) is 18.9 Å². The first kappa shape index (κ1) is 11.9. The highest BCUT2D eigenvalue weighted by molar-refractivity contribution is 4.62. The van der Waals surface area contributed by atoms with Crippen molar-refractivity contribution in [3.05, 3.63) is 0 Å². The molecule has 74 valence electrons. The lowest BCUT2D eigenvalue weighted by molar-refractivity contribution is 0.109. The molecule has 0 saturated heterocycles. The van der Waals surface area contributed by atoms with Crippen molar-refractivity contribution in [1.82, 2.24) is 4.90 Å². The van der Waals surface area contributed by atoms with Gasteiger partial charge in [0.05, 0.1) is 6.61 Å². The molecule has 2 N–H and O–H groups in total. The molecule has 0 heterocycles. The van der Waals surface area contributed by atoms with Gasteiger partial charge >= 0.3 is 0 Å². The van der Waals surface area contributed by atoms with E-state index in [-0.39, 0.29) is 0 Å². The fourth-order valence-electron chi connectivity index (χ4n) is 1.03. The van der Waals surface area contributed by atoms with Gasteiger partial charge in [0.15, 0.2) is 0 Å². The fourth-order valence-corrected chi connectivity index (χ4v) is 1.03. The maximum absolute atomic E-state index is 5.46. The Morgan fingerprint density at radius 1 is 1.50 bits per heavy atom. The van der Waals surface area contributed by atoms with Gasteiger partial charge < -0.3 is 15.4 Å². The maximum atomic E-state index is 5.46. The third-order valence-electron chi connectivity index (χ3n) is 2.13. The van der Waals surface area contributed by atoms with E-state index in [1.165, 1.54) is 0 Å². The number of rotatable bonds is 7. The van der Waals surface area contributed by atoms with Gasteiger partial charge in [0, 0.05) is 19.2 Å². The third kappa shape index (κ3) is 5.52. The van der Waals surface area contributed by atoms with Crippen molar-refractivity contribution in [3.8, 4) is 0 Å². The molecule has 0 aliphatic heterocycles. The molecule has 0 aromatic heterocycles. The first-order chi connectivity index (χ1) is 5.72. The first-order valence-electron chi connectivity index (χ1n) is 4.70. The summed E-state index contributed by atoms with van der Waals surface area (Å²) in [5, 5.41) is 0. The Morgan fingerprint density at radius 2 is 2.17 bits per heavy atom. The minimum atomic E-state index is 0.565. The van der Waals surface area contributed by atoms with E-state index in [4.69, 9.17) is 10.5 Å². The summed E-state index contributed by atoms with van der Waals surface area (Å²) in [6.45, 7) is 7.60. The molecule has 0 saturated carbocycles. The van der Waals surface area contributed by atoms with Crippen LogP contribution in [0.25, 0.3) is 0 Å². The number of nitrogens with two attached hydrogens (primary N) is 1. The van der Waals surface area contributed by atoms with E-state index in [1.54, 1.807) is 0 Å². The molecule has 0 radical (unpaired) electrons. The van der Waals surface area contributed by atoms with Crippen LogP contribution in [0, 0.1) is 0 Å². The van der Waals surface area contributed by atoms with E-state index < -0.39 is 0 Å². The summed E-state index contributed by atoms with van der Waals surface area (Å²) in [7, 11) is 2.11. The van der Waals surface area contributed by atoms with Crippen LogP contribution in [0.15, 0.2) is 0 Å². The van der Waals surface area contributed by atoms with Gasteiger partial charge in [-0.1, -0.05) is 0 Å². The molecule has 1 atom stereocenters. The molecule has 0 amide bonds. The van der Waals surface area contributed by atoms with Crippen LogP contribution < -0.4 is 5.73 Å². The average Bonchev–Trinajstić information content (AvgIpc) is 2.05. The minimum absolute atomic E-state index is 0.565. The minimum Gasteiger partial charge on any atom is -0.380 e. The second-order valence-electron chi connectivity index (χ2n) is 3.10. The van der Waals surface area contributed by atoms with Crippen LogP contribution in [0.5, 0.6) is 0 Å². The van der Waals surface area contributed by atoms with E-state index >= 15 is 0 Å². The number of hydrogen-bond donors (Lipinski definition) is 1. The van der Waals surface area contributed by atoms with Gasteiger partial charge in [-0.2, -0.15) is 0 Å². The third-order valence-corrected chi connectivity index (χ3v) is 2.13. The Hall–Kier alpha value is -0.120. The van der Waals surface area contributed by atoms with Gasteiger partial charge in [-0.3, -0.25) is 0 Å². The SMILES string of the molecule is CCOCCN(C)C(C)CCN. The topological polar surface area (TPSA) is 38.5 Å². The Kier molecular flexibility index (Phi) is 7.45. The molecule has 0 rings (SSSR count). The van der Waals surface area contributed by atoms with Crippen LogP contribution in [0.4, 0.5) is 0 Å². The molecule has 0 aromatic rings. The monoisotopic (exact) mass is 174 g/mol. The first-order valence-corrected chi connectivity index (χ1v) is 4.70. The van der Waals surface area contributed by atoms with E-state index in [9.17, 15) is 0 Å². The predicted octanol–water partition coefficient (Wildman–Crippen LogP) is 0.692. The molecule has 3 nitrogen and oxygen atoms in total. The highest BCUT2D eigenvalue weighted by Gasteiger charge is 2.06. The highest BCUT2D eigenvalue weighted by Crippen LogP contribution is 1.98. The zero-order chi connectivity index (χ0) is 9.40. The Labute approximate surface area is 75.9 Å². The van der Waals surface area contributed by atoms with Crippen LogP contribution in [0.3, 0.4) is 0 Å². The smallest absolute Gasteiger partial charge is 0.0593 e. The molecule has 0 bridgehead atoms. The van der Waals surface area contributed by atoms with Crippen molar-refractivity contribution in [2.24, 2.45) is 5.73 Å². The number of nitrogens with zero attached hydrogens (tertiary/aromatic N) is 1. The molecule has 0 aliphatic carbocycles. The van der Waals surface area contributed by atoms with Crippen LogP contribution in [-0.4, -0.2) is 44.3 Å².